The van der Waals surface area contributed by atoms with E-state index in [1.165, 1.54) is 334 Å². The van der Waals surface area contributed by atoms with Crippen LogP contribution in [-0.2, 0) is 33.3 Å². The number of carbonyl (C=O) groups is 2. The standard InChI is InChI=1S/C86H166O7/c1-11-15-19-23-27-31-35-39-43-47-51-55-59-63-67-79(68-64-60-56-52-48-44-40-36-32-28-24-20-16-12-2)83(87)89-71-81-75(7)73(5)77(9)85(91-81)93-86-78(10)74(6)76(8)82(92-86)72-90-84(88)80(69-65-61-57-53-49-45-41-37-33-29-25-21-17-13-3)70-66-62-58-54-50-46-42-38-34-30-26-22-18-14-4/h73-82,85-86H,11-72H2,1-10H3/t73-,74-,75+,76+,77?,78?,81?,82?,85-,86-/m0/s1. The number of esters is 2. The molecule has 2 aliphatic rings. The number of hydrogen-bond acceptors (Lipinski definition) is 7. The van der Waals surface area contributed by atoms with Gasteiger partial charge in [-0.15, -0.1) is 0 Å². The van der Waals surface area contributed by atoms with Gasteiger partial charge in [0.25, 0.3) is 0 Å². The Labute approximate surface area is 582 Å². The Morgan fingerprint density at radius 2 is 0.419 bits per heavy atom. The molecule has 0 spiro atoms. The van der Waals surface area contributed by atoms with Gasteiger partial charge >= 0.3 is 11.9 Å². The fourth-order valence-corrected chi connectivity index (χ4v) is 15.5. The summed E-state index contributed by atoms with van der Waals surface area (Å²) in [4.78, 5) is 28.4. The Bertz CT molecular complexity index is 1420. The van der Waals surface area contributed by atoms with Crippen molar-refractivity contribution in [2.45, 2.75) is 479 Å². The zero-order valence-electron chi connectivity index (χ0n) is 64.6. The van der Waals surface area contributed by atoms with E-state index < -0.39 is 12.6 Å². The first-order valence-electron chi connectivity index (χ1n) is 42.8. The molecule has 0 aromatic rings. The third kappa shape index (κ3) is 46.0. The van der Waals surface area contributed by atoms with Gasteiger partial charge in [0, 0.05) is 11.8 Å². The molecule has 0 amide bonds. The van der Waals surface area contributed by atoms with Crippen molar-refractivity contribution in [1.29, 1.82) is 0 Å². The average Bonchev–Trinajstić information content (AvgIpc) is 0.828. The van der Waals surface area contributed by atoms with Gasteiger partial charge in [-0.05, 0) is 49.4 Å². The topological polar surface area (TPSA) is 80.3 Å². The van der Waals surface area contributed by atoms with Crippen LogP contribution in [0.3, 0.4) is 0 Å². The molecule has 2 heterocycles. The molecular formula is C86H166O7. The number of rotatable bonds is 68. The van der Waals surface area contributed by atoms with Crippen LogP contribution < -0.4 is 0 Å². The van der Waals surface area contributed by atoms with Crippen LogP contribution >= 0.6 is 0 Å². The number of carbonyl (C=O) groups excluding carboxylic acids is 2. The Balaban J connectivity index is 1.97. The van der Waals surface area contributed by atoms with Crippen LogP contribution in [0.4, 0.5) is 0 Å². The van der Waals surface area contributed by atoms with Crippen molar-refractivity contribution in [1.82, 2.24) is 0 Å². The van der Waals surface area contributed by atoms with Crippen LogP contribution in [0.2, 0.25) is 0 Å². The molecule has 93 heavy (non-hydrogen) atoms. The highest BCUT2D eigenvalue weighted by Gasteiger charge is 2.46. The Morgan fingerprint density at radius 3 is 0.602 bits per heavy atom. The van der Waals surface area contributed by atoms with Crippen molar-refractivity contribution in [2.75, 3.05) is 13.2 Å². The number of hydrogen-bond donors (Lipinski definition) is 0. The predicted molar refractivity (Wildman–Crippen MR) is 402 cm³/mol. The monoisotopic (exact) mass is 1310 g/mol. The molecule has 552 valence electrons. The molecule has 0 saturated carbocycles. The van der Waals surface area contributed by atoms with E-state index in [2.05, 4.69) is 69.2 Å². The highest BCUT2D eigenvalue weighted by Crippen LogP contribution is 2.41. The predicted octanol–water partition coefficient (Wildman–Crippen LogP) is 28.1. The van der Waals surface area contributed by atoms with E-state index in [-0.39, 0.29) is 72.9 Å². The molecule has 0 radical (unpaired) electrons. The lowest BCUT2D eigenvalue weighted by Crippen LogP contribution is -2.53. The minimum Gasteiger partial charge on any atom is -0.463 e. The molecule has 2 aliphatic heterocycles. The van der Waals surface area contributed by atoms with E-state index in [0.29, 0.717) is 11.8 Å². The summed E-state index contributed by atoms with van der Waals surface area (Å²) in [6.07, 6.45) is 77.4. The second-order valence-corrected chi connectivity index (χ2v) is 31.6. The fraction of sp³-hybridized carbons (Fsp3) is 0.977. The van der Waals surface area contributed by atoms with E-state index in [9.17, 15) is 9.59 Å². The van der Waals surface area contributed by atoms with E-state index in [4.69, 9.17) is 23.7 Å². The minimum atomic E-state index is -0.488. The van der Waals surface area contributed by atoms with Gasteiger partial charge in [-0.1, -0.05) is 429 Å². The lowest BCUT2D eigenvalue weighted by atomic mass is 9.78. The Hall–Kier alpha value is -1.18. The third-order valence-corrected chi connectivity index (χ3v) is 23.3. The first-order chi connectivity index (χ1) is 45.5. The van der Waals surface area contributed by atoms with E-state index in [0.717, 1.165) is 51.4 Å². The molecule has 0 aliphatic carbocycles. The molecular weight excluding hydrogens is 1140 g/mol. The molecule has 2 rings (SSSR count). The normalized spacial score (nSPS) is 21.8. The highest BCUT2D eigenvalue weighted by molar-refractivity contribution is 5.72. The van der Waals surface area contributed by atoms with Crippen LogP contribution in [0.15, 0.2) is 0 Å². The van der Waals surface area contributed by atoms with E-state index in [1.54, 1.807) is 0 Å². The van der Waals surface area contributed by atoms with Gasteiger partial charge in [-0.2, -0.15) is 0 Å². The Kier molecular flexibility index (Phi) is 59.6. The Morgan fingerprint density at radius 1 is 0.247 bits per heavy atom. The maximum atomic E-state index is 14.2. The maximum Gasteiger partial charge on any atom is 0.309 e. The molecule has 10 atom stereocenters. The summed E-state index contributed by atoms with van der Waals surface area (Å²) in [5.74, 6) is 1.15. The van der Waals surface area contributed by atoms with Gasteiger partial charge in [0.1, 0.15) is 13.2 Å². The smallest absolute Gasteiger partial charge is 0.309 e. The van der Waals surface area contributed by atoms with Crippen LogP contribution in [0.5, 0.6) is 0 Å². The van der Waals surface area contributed by atoms with Gasteiger partial charge in [-0.3, -0.25) is 9.59 Å². The van der Waals surface area contributed by atoms with Gasteiger partial charge in [0.2, 0.25) is 0 Å². The molecule has 4 unspecified atom stereocenters. The van der Waals surface area contributed by atoms with Gasteiger partial charge in [0.15, 0.2) is 12.6 Å². The van der Waals surface area contributed by atoms with E-state index >= 15 is 0 Å². The third-order valence-electron chi connectivity index (χ3n) is 23.3. The summed E-state index contributed by atoms with van der Waals surface area (Å²) in [5.41, 5.74) is 0. The molecule has 2 fully saturated rings. The quantitative estimate of drug-likeness (QED) is 0.0443. The molecule has 2 saturated heterocycles. The highest BCUT2D eigenvalue weighted by atomic mass is 16.8. The van der Waals surface area contributed by atoms with Crippen molar-refractivity contribution in [3.8, 4) is 0 Å². The summed E-state index contributed by atoms with van der Waals surface area (Å²) in [5, 5.41) is 0. The zero-order chi connectivity index (χ0) is 67.5. The first kappa shape index (κ1) is 87.9. The van der Waals surface area contributed by atoms with Crippen molar-refractivity contribution in [3.05, 3.63) is 0 Å². The van der Waals surface area contributed by atoms with Crippen LogP contribution in [0.25, 0.3) is 0 Å². The second kappa shape index (κ2) is 63.0. The van der Waals surface area contributed by atoms with Crippen molar-refractivity contribution >= 4 is 11.9 Å². The molecule has 0 aromatic carbocycles. The van der Waals surface area contributed by atoms with Crippen molar-refractivity contribution < 1.29 is 33.3 Å². The lowest BCUT2D eigenvalue weighted by Gasteiger charge is -2.48. The van der Waals surface area contributed by atoms with Gasteiger partial charge in [-0.25, -0.2) is 0 Å². The SMILES string of the molecule is CCCCCCCCCCCCCCCCC(CCCCCCCCCCCCCCCC)C(=O)OCC1O[C@@H](O[C@@H]2OC(COC(=O)C(CCCCCCCCCCCCCCCC)CCCCCCCCCCCCCCCC)[C@H](C)[C@H](C)C2C)C(C)[C@@H](C)[C@H]1C. The summed E-state index contributed by atoms with van der Waals surface area (Å²) in [7, 11) is 0. The first-order valence-corrected chi connectivity index (χ1v) is 42.8. The lowest BCUT2D eigenvalue weighted by molar-refractivity contribution is -0.344. The zero-order valence-corrected chi connectivity index (χ0v) is 64.6. The van der Waals surface area contributed by atoms with Crippen LogP contribution in [-0.4, -0.2) is 49.9 Å². The van der Waals surface area contributed by atoms with E-state index in [1.807, 2.05) is 0 Å². The van der Waals surface area contributed by atoms with Crippen LogP contribution in [0.1, 0.15) is 454 Å². The van der Waals surface area contributed by atoms with Crippen molar-refractivity contribution in [3.63, 3.8) is 0 Å². The molecule has 0 aromatic heterocycles. The van der Waals surface area contributed by atoms with Crippen LogP contribution in [0, 0.1) is 47.3 Å². The second-order valence-electron chi connectivity index (χ2n) is 31.6. The number of unbranched alkanes of at least 4 members (excludes halogenated alkanes) is 52. The summed E-state index contributed by atoms with van der Waals surface area (Å²) in [6.45, 7) is 23.3. The van der Waals surface area contributed by atoms with Crippen molar-refractivity contribution in [2.24, 2.45) is 47.3 Å². The summed E-state index contributed by atoms with van der Waals surface area (Å²) >= 11 is 0. The van der Waals surface area contributed by atoms with Gasteiger partial charge < -0.3 is 23.7 Å². The molecule has 7 heteroatoms. The molecule has 7 nitrogen and oxygen atoms in total. The summed E-state index contributed by atoms with van der Waals surface area (Å²) < 4.78 is 33.5. The maximum absolute atomic E-state index is 14.2. The minimum absolute atomic E-state index is 0.0233. The fourth-order valence-electron chi connectivity index (χ4n) is 15.5. The summed E-state index contributed by atoms with van der Waals surface area (Å²) in [6, 6.07) is 0. The molecule has 0 N–H and O–H groups in total. The van der Waals surface area contributed by atoms with Gasteiger partial charge in [0.05, 0.1) is 24.0 Å². The average molecular weight is 1310 g/mol. The molecule has 0 bridgehead atoms. The largest absolute Gasteiger partial charge is 0.463 e. The number of ether oxygens (including phenoxy) is 5.